The molecule has 0 N–H and O–H groups in total. The molecule has 0 saturated carbocycles. The minimum absolute atomic E-state index is 0.0126. The molecule has 0 fully saturated rings. The Hall–Kier alpha value is -2.48. The monoisotopic (exact) mass is 287 g/mol. The summed E-state index contributed by atoms with van der Waals surface area (Å²) in [5.41, 5.74) is 0.864. The van der Waals surface area contributed by atoms with Gasteiger partial charge in [0.2, 0.25) is 0 Å². The summed E-state index contributed by atoms with van der Waals surface area (Å²) < 4.78 is 11.1. The van der Waals surface area contributed by atoms with E-state index in [1.807, 2.05) is 13.8 Å². The lowest BCUT2D eigenvalue weighted by Crippen LogP contribution is -2.48. The molecular formula is C16H17NO4. The lowest BCUT2D eigenvalue weighted by Gasteiger charge is -2.35. The molecule has 110 valence electrons. The molecule has 1 unspecified atom stereocenters. The molecular weight excluding hydrogens is 270 g/mol. The SMILES string of the molecule is C#CCN1C(=O)C(C(C)C)Oc2c(OC)cc(C=O)cc21. The number of hydrogen-bond donors (Lipinski definition) is 0. The Bertz CT molecular complexity index is 615. The van der Waals surface area contributed by atoms with Gasteiger partial charge >= 0.3 is 0 Å². The summed E-state index contributed by atoms with van der Waals surface area (Å²) in [4.78, 5) is 25.0. The van der Waals surface area contributed by atoms with Crippen molar-refractivity contribution in [3.63, 3.8) is 0 Å². The molecule has 2 rings (SSSR count). The second-order valence-corrected chi connectivity index (χ2v) is 5.10. The third-order valence-corrected chi connectivity index (χ3v) is 3.31. The van der Waals surface area contributed by atoms with Crippen LogP contribution in [0.4, 0.5) is 5.69 Å². The van der Waals surface area contributed by atoms with Crippen LogP contribution in [0.5, 0.6) is 11.5 Å². The van der Waals surface area contributed by atoms with E-state index in [2.05, 4.69) is 5.92 Å². The first kappa shape index (κ1) is 14.9. The Morgan fingerprint density at radius 2 is 2.24 bits per heavy atom. The fourth-order valence-electron chi connectivity index (χ4n) is 2.27. The molecule has 5 nitrogen and oxygen atoms in total. The normalized spacial score (nSPS) is 17.0. The molecule has 1 aromatic carbocycles. The number of carbonyl (C=O) groups is 2. The number of nitrogens with zero attached hydrogens (tertiary/aromatic N) is 1. The summed E-state index contributed by atoms with van der Waals surface area (Å²) in [6, 6.07) is 3.16. The number of terminal acetylenes is 1. The number of methoxy groups -OCH3 is 1. The lowest BCUT2D eigenvalue weighted by molar-refractivity contribution is -0.128. The molecule has 0 bridgehead atoms. The van der Waals surface area contributed by atoms with Crippen LogP contribution >= 0.6 is 0 Å². The zero-order chi connectivity index (χ0) is 15.6. The van der Waals surface area contributed by atoms with Crippen molar-refractivity contribution in [2.45, 2.75) is 20.0 Å². The van der Waals surface area contributed by atoms with E-state index >= 15 is 0 Å². The van der Waals surface area contributed by atoms with Crippen LogP contribution in [0, 0.1) is 18.3 Å². The fourth-order valence-corrected chi connectivity index (χ4v) is 2.27. The summed E-state index contributed by atoms with van der Waals surface area (Å²) in [6.45, 7) is 3.91. The van der Waals surface area contributed by atoms with Gasteiger partial charge in [0, 0.05) is 5.56 Å². The number of ether oxygens (including phenoxy) is 2. The predicted molar refractivity (Wildman–Crippen MR) is 78.8 cm³/mol. The van der Waals surface area contributed by atoms with Gasteiger partial charge in [-0.15, -0.1) is 6.42 Å². The number of benzene rings is 1. The summed E-state index contributed by atoms with van der Waals surface area (Å²) in [6.07, 6.45) is 5.42. The Morgan fingerprint density at radius 1 is 1.52 bits per heavy atom. The van der Waals surface area contributed by atoms with Crippen molar-refractivity contribution in [3.8, 4) is 23.8 Å². The van der Waals surface area contributed by atoms with Crippen molar-refractivity contribution in [3.05, 3.63) is 17.7 Å². The summed E-state index contributed by atoms with van der Waals surface area (Å²) in [7, 11) is 1.49. The molecule has 0 saturated heterocycles. The third-order valence-electron chi connectivity index (χ3n) is 3.31. The van der Waals surface area contributed by atoms with Gasteiger partial charge < -0.3 is 9.47 Å². The van der Waals surface area contributed by atoms with E-state index in [1.165, 1.54) is 12.0 Å². The van der Waals surface area contributed by atoms with Gasteiger partial charge in [-0.25, -0.2) is 0 Å². The highest BCUT2D eigenvalue weighted by molar-refractivity contribution is 6.02. The Balaban J connectivity index is 2.63. The van der Waals surface area contributed by atoms with Crippen LogP contribution < -0.4 is 14.4 Å². The van der Waals surface area contributed by atoms with Gasteiger partial charge in [-0.3, -0.25) is 14.5 Å². The molecule has 5 heteroatoms. The van der Waals surface area contributed by atoms with Gasteiger partial charge in [0.05, 0.1) is 19.3 Å². The van der Waals surface area contributed by atoms with E-state index in [9.17, 15) is 9.59 Å². The highest BCUT2D eigenvalue weighted by atomic mass is 16.5. The van der Waals surface area contributed by atoms with Gasteiger partial charge in [0.15, 0.2) is 17.6 Å². The van der Waals surface area contributed by atoms with Crippen LogP contribution in [-0.4, -0.2) is 32.0 Å². The first-order valence-corrected chi connectivity index (χ1v) is 6.62. The van der Waals surface area contributed by atoms with E-state index < -0.39 is 6.10 Å². The molecule has 1 amide bonds. The topological polar surface area (TPSA) is 55.8 Å². The molecule has 1 aliphatic rings. The van der Waals surface area contributed by atoms with Crippen LogP contribution in [0.1, 0.15) is 24.2 Å². The molecule has 21 heavy (non-hydrogen) atoms. The van der Waals surface area contributed by atoms with E-state index in [4.69, 9.17) is 15.9 Å². The van der Waals surface area contributed by atoms with Gasteiger partial charge in [0.25, 0.3) is 5.91 Å². The number of hydrogen-bond acceptors (Lipinski definition) is 4. The minimum atomic E-state index is -0.623. The van der Waals surface area contributed by atoms with Crippen molar-refractivity contribution in [1.29, 1.82) is 0 Å². The van der Waals surface area contributed by atoms with Crippen LogP contribution in [0.25, 0.3) is 0 Å². The van der Waals surface area contributed by atoms with Gasteiger partial charge in [-0.2, -0.15) is 0 Å². The Morgan fingerprint density at radius 3 is 2.76 bits per heavy atom. The molecule has 0 radical (unpaired) electrons. The van der Waals surface area contributed by atoms with Gasteiger partial charge in [-0.05, 0) is 18.1 Å². The first-order valence-electron chi connectivity index (χ1n) is 6.62. The van der Waals surface area contributed by atoms with Crippen molar-refractivity contribution >= 4 is 17.9 Å². The standard InChI is InChI=1S/C16H17NO4/c1-5-6-17-12-7-11(9-18)8-13(20-4)15(12)21-14(10(2)3)16(17)19/h1,7-10,14H,6H2,2-4H3. The van der Waals surface area contributed by atoms with E-state index in [0.29, 0.717) is 29.0 Å². The number of amides is 1. The van der Waals surface area contributed by atoms with Crippen molar-refractivity contribution in [1.82, 2.24) is 0 Å². The Labute approximate surface area is 123 Å². The third kappa shape index (κ3) is 2.57. The first-order chi connectivity index (χ1) is 10.0. The largest absolute Gasteiger partial charge is 0.493 e. The number of fused-ring (bicyclic) bond motifs is 1. The molecule has 1 aliphatic heterocycles. The van der Waals surface area contributed by atoms with Crippen LogP contribution in [0.15, 0.2) is 12.1 Å². The smallest absolute Gasteiger partial charge is 0.269 e. The number of aldehydes is 1. The van der Waals surface area contributed by atoms with E-state index in [1.54, 1.807) is 12.1 Å². The van der Waals surface area contributed by atoms with Crippen molar-refractivity contribution < 1.29 is 19.1 Å². The van der Waals surface area contributed by atoms with Gasteiger partial charge in [-0.1, -0.05) is 19.8 Å². The molecule has 1 aromatic rings. The summed E-state index contributed by atoms with van der Waals surface area (Å²) >= 11 is 0. The van der Waals surface area contributed by atoms with E-state index in [-0.39, 0.29) is 18.4 Å². The minimum Gasteiger partial charge on any atom is -0.493 e. The average Bonchev–Trinajstić information content (AvgIpc) is 2.48. The van der Waals surface area contributed by atoms with Crippen LogP contribution in [-0.2, 0) is 4.79 Å². The number of anilines is 1. The summed E-state index contributed by atoms with van der Waals surface area (Å²) in [5.74, 6) is 3.10. The van der Waals surface area contributed by atoms with Crippen LogP contribution in [0.2, 0.25) is 0 Å². The van der Waals surface area contributed by atoms with Crippen LogP contribution in [0.3, 0.4) is 0 Å². The molecule has 1 heterocycles. The number of carbonyl (C=O) groups excluding carboxylic acids is 2. The maximum atomic E-state index is 12.5. The Kier molecular flexibility index (Phi) is 4.18. The van der Waals surface area contributed by atoms with Crippen molar-refractivity contribution in [2.75, 3.05) is 18.6 Å². The predicted octanol–water partition coefficient (Wildman–Crippen LogP) is 1.89. The van der Waals surface area contributed by atoms with Crippen molar-refractivity contribution in [2.24, 2.45) is 5.92 Å². The fraction of sp³-hybridized carbons (Fsp3) is 0.375. The number of rotatable bonds is 4. The molecule has 0 aromatic heterocycles. The molecule has 0 aliphatic carbocycles. The second-order valence-electron chi connectivity index (χ2n) is 5.10. The second kappa shape index (κ2) is 5.88. The lowest BCUT2D eigenvalue weighted by atomic mass is 10.0. The zero-order valence-corrected chi connectivity index (χ0v) is 12.3. The quantitative estimate of drug-likeness (QED) is 0.627. The van der Waals surface area contributed by atoms with Gasteiger partial charge in [0.1, 0.15) is 6.29 Å². The molecule has 1 atom stereocenters. The maximum Gasteiger partial charge on any atom is 0.269 e. The summed E-state index contributed by atoms with van der Waals surface area (Å²) in [5, 5.41) is 0. The average molecular weight is 287 g/mol. The zero-order valence-electron chi connectivity index (χ0n) is 12.3. The molecule has 0 spiro atoms. The highest BCUT2D eigenvalue weighted by Gasteiger charge is 2.37. The highest BCUT2D eigenvalue weighted by Crippen LogP contribution is 2.43. The van der Waals surface area contributed by atoms with E-state index in [0.717, 1.165) is 0 Å². The maximum absolute atomic E-state index is 12.5.